The van der Waals surface area contributed by atoms with Gasteiger partial charge in [0.25, 0.3) is 5.91 Å². The number of aromatic nitrogens is 1. The van der Waals surface area contributed by atoms with Crippen LogP contribution in [0, 0.1) is 5.92 Å². The molecule has 1 aromatic heterocycles. The molecule has 0 unspecified atom stereocenters. The first kappa shape index (κ1) is 32.1. The number of carbonyl (C=O) groups excluding carboxylic acids is 4. The molecular weight excluding hydrogens is 586 g/mol. The molecule has 3 atom stereocenters. The number of nitrogens with one attached hydrogen (secondary N) is 3. The van der Waals surface area contributed by atoms with Gasteiger partial charge in [-0.05, 0) is 66.3 Å². The number of rotatable bonds is 5. The number of phenolic OH excluding ortho intramolecular Hbond substituents is 1. The molecule has 0 radical (unpaired) electrons. The molecule has 0 saturated heterocycles. The number of phenols is 1. The molecule has 11 heteroatoms. The van der Waals surface area contributed by atoms with Crippen LogP contribution in [0.3, 0.4) is 0 Å². The number of likely N-dealkylation sites (N-methyl/N-ethyl adjacent to an activating group) is 1. The molecule has 6 rings (SSSR count). The molecule has 4 amide bonds. The Morgan fingerprint density at radius 1 is 0.957 bits per heavy atom. The maximum atomic E-state index is 13.8. The van der Waals surface area contributed by atoms with Crippen LogP contribution in [-0.4, -0.2) is 69.9 Å². The molecule has 4 bridgehead atoms. The van der Waals surface area contributed by atoms with E-state index in [2.05, 4.69) is 20.5 Å². The van der Waals surface area contributed by atoms with Crippen molar-refractivity contribution in [2.24, 2.45) is 5.92 Å². The Morgan fingerprint density at radius 3 is 2.41 bits per heavy atom. The van der Waals surface area contributed by atoms with Crippen molar-refractivity contribution in [2.45, 2.75) is 51.9 Å². The molecule has 46 heavy (non-hydrogen) atoms. The fourth-order valence-electron chi connectivity index (χ4n) is 5.41. The summed E-state index contributed by atoms with van der Waals surface area (Å²) in [5, 5.41) is 19.7. The summed E-state index contributed by atoms with van der Waals surface area (Å²) in [4.78, 5) is 55.2. The lowest BCUT2D eigenvalue weighted by atomic mass is 10.0. The Labute approximate surface area is 267 Å². The molecule has 240 valence electrons. The lowest BCUT2D eigenvalue weighted by molar-refractivity contribution is -0.136. The Balaban J connectivity index is 1.41. The van der Waals surface area contributed by atoms with E-state index in [0.29, 0.717) is 24.6 Å². The average molecular weight is 626 g/mol. The highest BCUT2D eigenvalue weighted by molar-refractivity contribution is 6.00. The van der Waals surface area contributed by atoms with Crippen LogP contribution >= 0.6 is 0 Å². The van der Waals surface area contributed by atoms with Crippen molar-refractivity contribution in [2.75, 3.05) is 13.6 Å². The minimum Gasteiger partial charge on any atom is -0.507 e. The van der Waals surface area contributed by atoms with Gasteiger partial charge in [-0.15, -0.1) is 0 Å². The third kappa shape index (κ3) is 7.31. The van der Waals surface area contributed by atoms with Crippen LogP contribution in [-0.2, 0) is 27.3 Å². The van der Waals surface area contributed by atoms with Crippen LogP contribution < -0.4 is 20.7 Å². The number of carbonyl (C=O) groups is 4. The second-order valence-corrected chi connectivity index (χ2v) is 11.9. The van der Waals surface area contributed by atoms with Crippen LogP contribution in [0.4, 0.5) is 0 Å². The summed E-state index contributed by atoms with van der Waals surface area (Å²) in [6.07, 6.45) is 2.19. The predicted molar refractivity (Wildman–Crippen MR) is 174 cm³/mol. The summed E-state index contributed by atoms with van der Waals surface area (Å²) in [5.74, 6) is -1.90. The molecule has 2 aliphatic heterocycles. The van der Waals surface area contributed by atoms with E-state index in [1.54, 1.807) is 50.1 Å². The third-order valence-corrected chi connectivity index (χ3v) is 8.15. The number of aromatic hydroxyl groups is 1. The van der Waals surface area contributed by atoms with E-state index in [-0.39, 0.29) is 29.6 Å². The van der Waals surface area contributed by atoms with Crippen molar-refractivity contribution in [1.29, 1.82) is 0 Å². The molecule has 0 fully saturated rings. The van der Waals surface area contributed by atoms with Gasteiger partial charge < -0.3 is 35.3 Å². The summed E-state index contributed by atoms with van der Waals surface area (Å²) in [5.41, 5.74) is 1.79. The maximum Gasteiger partial charge on any atom is 0.255 e. The van der Waals surface area contributed by atoms with E-state index in [9.17, 15) is 24.3 Å². The van der Waals surface area contributed by atoms with E-state index >= 15 is 0 Å². The Bertz CT molecular complexity index is 1750. The van der Waals surface area contributed by atoms with Crippen LogP contribution in [0.25, 0.3) is 10.9 Å². The number of benzene rings is 3. The van der Waals surface area contributed by atoms with Gasteiger partial charge in [-0.2, -0.15) is 0 Å². The highest BCUT2D eigenvalue weighted by atomic mass is 16.5. The second kappa shape index (κ2) is 13.8. The van der Waals surface area contributed by atoms with Crippen LogP contribution in [0.5, 0.6) is 17.2 Å². The minimum atomic E-state index is -1.01. The van der Waals surface area contributed by atoms with Gasteiger partial charge in [-0.1, -0.05) is 44.2 Å². The van der Waals surface area contributed by atoms with E-state index in [4.69, 9.17) is 4.74 Å². The van der Waals surface area contributed by atoms with E-state index in [1.807, 2.05) is 36.5 Å². The zero-order valence-corrected chi connectivity index (χ0v) is 26.3. The van der Waals surface area contributed by atoms with Crippen molar-refractivity contribution in [3.05, 3.63) is 90.1 Å². The minimum absolute atomic E-state index is 0.0603. The quantitative estimate of drug-likeness (QED) is 0.250. The molecule has 4 N–H and O–H groups in total. The van der Waals surface area contributed by atoms with E-state index in [1.165, 1.54) is 25.1 Å². The summed E-state index contributed by atoms with van der Waals surface area (Å²) < 4.78 is 8.02. The van der Waals surface area contributed by atoms with E-state index in [0.717, 1.165) is 16.5 Å². The van der Waals surface area contributed by atoms with Crippen molar-refractivity contribution >= 4 is 34.5 Å². The predicted octanol–water partition coefficient (Wildman–Crippen LogP) is 3.60. The van der Waals surface area contributed by atoms with Gasteiger partial charge >= 0.3 is 0 Å². The first-order chi connectivity index (χ1) is 22.0. The average Bonchev–Trinajstić information content (AvgIpc) is 3.45. The zero-order valence-electron chi connectivity index (χ0n) is 26.3. The molecule has 2 aliphatic rings. The molecule has 0 spiro atoms. The normalized spacial score (nSPS) is 19.1. The van der Waals surface area contributed by atoms with E-state index < -0.39 is 35.8 Å². The fourth-order valence-corrected chi connectivity index (χ4v) is 5.41. The largest absolute Gasteiger partial charge is 0.507 e. The SMILES string of the molecule is CC(C)[C@@H]1NC(=O)c2cc(ccc2O)Oc2ccc(cc2)C[C@@H](C(=O)N(C)CCn2ccc3ccccc32)NC(=O)[C@H](C)NC1=O. The van der Waals surface area contributed by atoms with Crippen molar-refractivity contribution < 1.29 is 29.0 Å². The maximum absolute atomic E-state index is 13.8. The topological polar surface area (TPSA) is 142 Å². The highest BCUT2D eigenvalue weighted by Crippen LogP contribution is 2.28. The summed E-state index contributed by atoms with van der Waals surface area (Å²) >= 11 is 0. The fraction of sp³-hybridized carbons (Fsp3) is 0.314. The summed E-state index contributed by atoms with van der Waals surface area (Å²) in [6, 6.07) is 18.4. The zero-order chi connectivity index (χ0) is 33.0. The van der Waals surface area contributed by atoms with Crippen molar-refractivity contribution in [1.82, 2.24) is 25.4 Å². The van der Waals surface area contributed by atoms with Gasteiger partial charge in [0.1, 0.15) is 35.4 Å². The molecule has 11 nitrogen and oxygen atoms in total. The monoisotopic (exact) mass is 625 g/mol. The number of amides is 4. The number of fused-ring (bicyclic) bond motifs is 12. The van der Waals surface area contributed by atoms with Gasteiger partial charge in [0.05, 0.1) is 5.56 Å². The Kier molecular flexibility index (Phi) is 9.60. The first-order valence-electron chi connectivity index (χ1n) is 15.3. The van der Waals surface area contributed by atoms with Crippen LogP contribution in [0.15, 0.2) is 79.0 Å². The summed E-state index contributed by atoms with van der Waals surface area (Å²) in [6.45, 7) is 6.01. The van der Waals surface area contributed by atoms with Crippen molar-refractivity contribution in [3.8, 4) is 17.2 Å². The third-order valence-electron chi connectivity index (χ3n) is 8.15. The highest BCUT2D eigenvalue weighted by Gasteiger charge is 2.31. The van der Waals surface area contributed by atoms with Gasteiger partial charge in [0, 0.05) is 38.3 Å². The Morgan fingerprint density at radius 2 is 1.67 bits per heavy atom. The molecule has 0 aliphatic carbocycles. The molecular formula is C35H39N5O6. The lowest BCUT2D eigenvalue weighted by Gasteiger charge is -2.27. The number of nitrogens with zero attached hydrogens (tertiary/aromatic N) is 2. The van der Waals surface area contributed by atoms with Crippen molar-refractivity contribution in [3.63, 3.8) is 0 Å². The van der Waals surface area contributed by atoms with Crippen LogP contribution in [0.2, 0.25) is 0 Å². The summed E-state index contributed by atoms with van der Waals surface area (Å²) in [7, 11) is 1.70. The molecule has 0 saturated carbocycles. The number of hydrogen-bond donors (Lipinski definition) is 4. The Hall–Kier alpha value is -5.32. The lowest BCUT2D eigenvalue weighted by Crippen LogP contribution is -2.57. The number of ether oxygens (including phenoxy) is 1. The first-order valence-corrected chi connectivity index (χ1v) is 15.3. The van der Waals surface area contributed by atoms with Gasteiger partial charge in [0.2, 0.25) is 17.7 Å². The van der Waals surface area contributed by atoms with Gasteiger partial charge in [0.15, 0.2) is 0 Å². The standard InChI is InChI=1S/C35H39N5O6/c1-21(2)31-34(44)36-22(3)32(42)37-28(35(45)39(4)17-18-40-16-15-24-7-5-6-8-29(24)40)19-23-9-11-25(12-10-23)46-26-13-14-30(41)27(20-26)33(43)38-31/h5-16,20-22,28,31,41H,17-19H2,1-4H3,(H,36,44)(H,37,42)(H,38,43)/t22-,28-,31-/m0/s1. The second-order valence-electron chi connectivity index (χ2n) is 11.9. The smallest absolute Gasteiger partial charge is 0.255 e. The van der Waals surface area contributed by atoms with Gasteiger partial charge in [-0.3, -0.25) is 19.2 Å². The number of para-hydroxylation sites is 1. The number of hydrogen-bond acceptors (Lipinski definition) is 6. The molecule has 4 aromatic rings. The van der Waals surface area contributed by atoms with Gasteiger partial charge in [-0.25, -0.2) is 0 Å². The molecule has 3 heterocycles. The van der Waals surface area contributed by atoms with Crippen LogP contribution in [0.1, 0.15) is 36.7 Å². The molecule has 3 aromatic carbocycles.